The maximum absolute atomic E-state index is 12.0. The van der Waals surface area contributed by atoms with E-state index in [2.05, 4.69) is 21.2 Å². The van der Waals surface area contributed by atoms with E-state index in [1.165, 1.54) is 18.2 Å². The van der Waals surface area contributed by atoms with Gasteiger partial charge in [0.25, 0.3) is 11.6 Å². The number of halogens is 1. The maximum Gasteiger partial charge on any atom is 0.272 e. The lowest BCUT2D eigenvalue weighted by Gasteiger charge is -2.06. The van der Waals surface area contributed by atoms with Gasteiger partial charge in [0.1, 0.15) is 0 Å². The molecule has 1 amide bonds. The summed E-state index contributed by atoms with van der Waals surface area (Å²) >= 11 is 3.31. The summed E-state index contributed by atoms with van der Waals surface area (Å²) in [5, 5.41) is 13.5. The fourth-order valence-electron chi connectivity index (χ4n) is 1.74. The van der Waals surface area contributed by atoms with Crippen molar-refractivity contribution in [3.8, 4) is 0 Å². The van der Waals surface area contributed by atoms with E-state index in [0.29, 0.717) is 16.8 Å². The molecule has 5 nitrogen and oxygen atoms in total. The second kappa shape index (κ2) is 5.83. The van der Waals surface area contributed by atoms with Gasteiger partial charge in [-0.25, -0.2) is 0 Å². The maximum atomic E-state index is 12.0. The molecule has 2 rings (SSSR count). The van der Waals surface area contributed by atoms with E-state index in [4.69, 9.17) is 0 Å². The number of nitro groups is 1. The molecule has 0 spiro atoms. The van der Waals surface area contributed by atoms with Crippen molar-refractivity contribution in [2.75, 3.05) is 5.32 Å². The van der Waals surface area contributed by atoms with Crippen LogP contribution in [0.15, 0.2) is 46.9 Å². The van der Waals surface area contributed by atoms with Crippen LogP contribution in [0.2, 0.25) is 0 Å². The molecule has 0 aromatic heterocycles. The van der Waals surface area contributed by atoms with Gasteiger partial charge in [-0.15, -0.1) is 0 Å². The summed E-state index contributed by atoms with van der Waals surface area (Å²) in [6.07, 6.45) is 0. The van der Waals surface area contributed by atoms with Gasteiger partial charge < -0.3 is 5.32 Å². The van der Waals surface area contributed by atoms with Gasteiger partial charge in [-0.05, 0) is 43.3 Å². The molecule has 0 heterocycles. The third kappa shape index (κ3) is 3.21. The molecule has 20 heavy (non-hydrogen) atoms. The molecule has 2 aromatic rings. The van der Waals surface area contributed by atoms with Gasteiger partial charge in [0, 0.05) is 27.4 Å². The first kappa shape index (κ1) is 14.2. The van der Waals surface area contributed by atoms with Gasteiger partial charge in [0.05, 0.1) is 4.92 Å². The van der Waals surface area contributed by atoms with Gasteiger partial charge in [0.2, 0.25) is 0 Å². The van der Waals surface area contributed by atoms with Crippen LogP contribution in [0, 0.1) is 17.0 Å². The molecule has 0 unspecified atom stereocenters. The number of benzene rings is 2. The Kier molecular flexibility index (Phi) is 4.14. The lowest BCUT2D eigenvalue weighted by Crippen LogP contribution is -2.12. The standard InChI is InChI=1S/C14H11BrN2O3/c1-9-8-10(2-7-13(9)17(19)20)14(18)16-12-5-3-11(15)4-6-12/h2-8H,1H3,(H,16,18). The van der Waals surface area contributed by atoms with Crippen molar-refractivity contribution < 1.29 is 9.72 Å². The van der Waals surface area contributed by atoms with Crippen molar-refractivity contribution in [2.45, 2.75) is 6.92 Å². The normalized spacial score (nSPS) is 10.1. The van der Waals surface area contributed by atoms with Crippen LogP contribution < -0.4 is 5.32 Å². The number of carbonyl (C=O) groups is 1. The summed E-state index contributed by atoms with van der Waals surface area (Å²) in [6, 6.07) is 11.4. The van der Waals surface area contributed by atoms with E-state index in [-0.39, 0.29) is 11.6 Å². The SMILES string of the molecule is Cc1cc(C(=O)Nc2ccc(Br)cc2)ccc1[N+](=O)[O-]. The van der Waals surface area contributed by atoms with Crippen LogP contribution in [0.4, 0.5) is 11.4 Å². The van der Waals surface area contributed by atoms with E-state index < -0.39 is 4.92 Å². The Labute approximate surface area is 123 Å². The van der Waals surface area contributed by atoms with Gasteiger partial charge >= 0.3 is 0 Å². The molecule has 6 heteroatoms. The highest BCUT2D eigenvalue weighted by Gasteiger charge is 2.13. The molecule has 0 saturated carbocycles. The molecule has 2 aromatic carbocycles. The fraction of sp³-hybridized carbons (Fsp3) is 0.0714. The van der Waals surface area contributed by atoms with E-state index in [1.54, 1.807) is 19.1 Å². The number of hydrogen-bond donors (Lipinski definition) is 1. The second-order valence-corrected chi connectivity index (χ2v) is 5.14. The minimum absolute atomic E-state index is 0.00481. The Morgan fingerprint density at radius 2 is 1.85 bits per heavy atom. The number of aryl methyl sites for hydroxylation is 1. The fourth-order valence-corrected chi connectivity index (χ4v) is 2.00. The smallest absolute Gasteiger partial charge is 0.272 e. The van der Waals surface area contributed by atoms with Crippen LogP contribution in [-0.4, -0.2) is 10.8 Å². The average molecular weight is 335 g/mol. The van der Waals surface area contributed by atoms with E-state index in [9.17, 15) is 14.9 Å². The summed E-state index contributed by atoms with van der Waals surface area (Å²) < 4.78 is 0.918. The number of amides is 1. The topological polar surface area (TPSA) is 72.2 Å². The average Bonchev–Trinajstić information content (AvgIpc) is 2.40. The molecule has 0 aliphatic rings. The number of hydrogen-bond acceptors (Lipinski definition) is 3. The first-order valence-electron chi connectivity index (χ1n) is 5.79. The summed E-state index contributed by atoms with van der Waals surface area (Å²) in [7, 11) is 0. The third-order valence-corrected chi connectivity index (χ3v) is 3.29. The van der Waals surface area contributed by atoms with Crippen LogP contribution in [0.5, 0.6) is 0 Å². The largest absolute Gasteiger partial charge is 0.322 e. The Hall–Kier alpha value is -2.21. The quantitative estimate of drug-likeness (QED) is 0.683. The number of carbonyl (C=O) groups excluding carboxylic acids is 1. The molecular formula is C14H11BrN2O3. The van der Waals surface area contributed by atoms with Crippen molar-refractivity contribution in [1.82, 2.24) is 0 Å². The molecule has 0 bridgehead atoms. The van der Waals surface area contributed by atoms with Crippen LogP contribution in [0.1, 0.15) is 15.9 Å². The lowest BCUT2D eigenvalue weighted by atomic mass is 10.1. The van der Waals surface area contributed by atoms with Gasteiger partial charge in [-0.1, -0.05) is 15.9 Å². The van der Waals surface area contributed by atoms with Crippen molar-refractivity contribution in [3.05, 3.63) is 68.2 Å². The Morgan fingerprint density at radius 1 is 1.20 bits per heavy atom. The van der Waals surface area contributed by atoms with Crippen molar-refractivity contribution in [2.24, 2.45) is 0 Å². The number of rotatable bonds is 3. The summed E-state index contributed by atoms with van der Waals surface area (Å²) in [6.45, 7) is 1.61. The second-order valence-electron chi connectivity index (χ2n) is 4.22. The molecule has 0 aliphatic carbocycles. The molecule has 0 aliphatic heterocycles. The number of nitrogens with one attached hydrogen (secondary N) is 1. The van der Waals surface area contributed by atoms with Crippen LogP contribution in [-0.2, 0) is 0 Å². The molecule has 102 valence electrons. The highest BCUT2D eigenvalue weighted by atomic mass is 79.9. The minimum Gasteiger partial charge on any atom is -0.322 e. The van der Waals surface area contributed by atoms with Crippen molar-refractivity contribution in [3.63, 3.8) is 0 Å². The third-order valence-electron chi connectivity index (χ3n) is 2.76. The van der Waals surface area contributed by atoms with Crippen molar-refractivity contribution >= 4 is 33.2 Å². The zero-order valence-corrected chi connectivity index (χ0v) is 12.2. The zero-order valence-electron chi connectivity index (χ0n) is 10.6. The van der Waals surface area contributed by atoms with Crippen LogP contribution >= 0.6 is 15.9 Å². The highest BCUT2D eigenvalue weighted by molar-refractivity contribution is 9.10. The Bertz CT molecular complexity index is 669. The highest BCUT2D eigenvalue weighted by Crippen LogP contribution is 2.20. The molecule has 0 radical (unpaired) electrons. The number of nitro benzene ring substituents is 1. The van der Waals surface area contributed by atoms with Gasteiger partial charge in [-0.2, -0.15) is 0 Å². The first-order chi connectivity index (χ1) is 9.47. The summed E-state index contributed by atoms with van der Waals surface area (Å²) in [5.41, 5.74) is 1.51. The van der Waals surface area contributed by atoms with E-state index in [0.717, 1.165) is 4.47 Å². The minimum atomic E-state index is -0.467. The van der Waals surface area contributed by atoms with E-state index >= 15 is 0 Å². The number of anilines is 1. The van der Waals surface area contributed by atoms with Crippen molar-refractivity contribution in [1.29, 1.82) is 0 Å². The lowest BCUT2D eigenvalue weighted by molar-refractivity contribution is -0.385. The van der Waals surface area contributed by atoms with E-state index in [1.807, 2.05) is 12.1 Å². The van der Waals surface area contributed by atoms with Crippen LogP contribution in [0.25, 0.3) is 0 Å². The molecule has 0 atom stereocenters. The monoisotopic (exact) mass is 334 g/mol. The molecule has 1 N–H and O–H groups in total. The molecular weight excluding hydrogens is 324 g/mol. The zero-order chi connectivity index (χ0) is 14.7. The Balaban J connectivity index is 2.19. The summed E-state index contributed by atoms with van der Waals surface area (Å²) in [4.78, 5) is 22.3. The first-order valence-corrected chi connectivity index (χ1v) is 6.58. The summed E-state index contributed by atoms with van der Waals surface area (Å²) in [5.74, 6) is -0.301. The van der Waals surface area contributed by atoms with Gasteiger partial charge in [-0.3, -0.25) is 14.9 Å². The Morgan fingerprint density at radius 3 is 2.40 bits per heavy atom. The van der Waals surface area contributed by atoms with Gasteiger partial charge in [0.15, 0.2) is 0 Å². The predicted octanol–water partition coefficient (Wildman–Crippen LogP) is 3.92. The molecule has 0 saturated heterocycles. The number of nitrogens with zero attached hydrogens (tertiary/aromatic N) is 1. The predicted molar refractivity (Wildman–Crippen MR) is 79.9 cm³/mol. The molecule has 0 fully saturated rings. The van der Waals surface area contributed by atoms with Crippen LogP contribution in [0.3, 0.4) is 0 Å².